The minimum atomic E-state index is -0.918. The fourth-order valence-corrected chi connectivity index (χ4v) is 4.21. The predicted octanol–water partition coefficient (Wildman–Crippen LogP) is 2.51. The van der Waals surface area contributed by atoms with Crippen LogP contribution in [-0.4, -0.2) is 44.9 Å². The molecule has 3 N–H and O–H groups in total. The highest BCUT2D eigenvalue weighted by atomic mass is 32.2. The van der Waals surface area contributed by atoms with Crippen molar-refractivity contribution in [2.75, 3.05) is 6.54 Å². The summed E-state index contributed by atoms with van der Waals surface area (Å²) in [5, 5.41) is 8.95. The Kier molecular flexibility index (Phi) is 6.61. The number of benzene rings is 2. The zero-order valence-electron chi connectivity index (χ0n) is 15.3. The van der Waals surface area contributed by atoms with Crippen LogP contribution in [0.1, 0.15) is 34.3 Å². The van der Waals surface area contributed by atoms with E-state index in [0.717, 1.165) is 23.9 Å². The van der Waals surface area contributed by atoms with E-state index in [4.69, 9.17) is 5.73 Å². The summed E-state index contributed by atoms with van der Waals surface area (Å²) in [6.07, 6.45) is 1.57. The van der Waals surface area contributed by atoms with Crippen LogP contribution in [0, 0.1) is 0 Å². The molecule has 3 rings (SSSR count). The first-order valence-corrected chi connectivity index (χ1v) is 9.88. The Morgan fingerprint density at radius 2 is 1.82 bits per heavy atom. The van der Waals surface area contributed by atoms with Gasteiger partial charge in [-0.05, 0) is 42.8 Å². The van der Waals surface area contributed by atoms with Crippen molar-refractivity contribution in [2.24, 2.45) is 5.73 Å². The van der Waals surface area contributed by atoms with Crippen molar-refractivity contribution in [3.05, 3.63) is 71.3 Å². The Morgan fingerprint density at radius 1 is 1.11 bits per heavy atom. The molecule has 2 atom stereocenters. The van der Waals surface area contributed by atoms with Gasteiger partial charge in [-0.15, -0.1) is 0 Å². The second-order valence-electron chi connectivity index (χ2n) is 6.75. The molecule has 0 bridgehead atoms. The summed E-state index contributed by atoms with van der Waals surface area (Å²) in [6.45, 7) is 0.557. The molecular weight excluding hydrogens is 376 g/mol. The van der Waals surface area contributed by atoms with Crippen molar-refractivity contribution in [1.82, 2.24) is 4.31 Å². The van der Waals surface area contributed by atoms with Gasteiger partial charge in [-0.2, -0.15) is 0 Å². The molecule has 0 aromatic heterocycles. The van der Waals surface area contributed by atoms with E-state index in [1.54, 1.807) is 34.6 Å². The zero-order valence-corrected chi connectivity index (χ0v) is 16.1. The summed E-state index contributed by atoms with van der Waals surface area (Å²) in [7, 11) is 0. The summed E-state index contributed by atoms with van der Waals surface area (Å²) < 4.78 is 1.60. The molecule has 146 valence electrons. The Hall–Kier alpha value is -2.48. The van der Waals surface area contributed by atoms with Crippen LogP contribution >= 0.6 is 11.9 Å². The van der Waals surface area contributed by atoms with Gasteiger partial charge in [0, 0.05) is 17.7 Å². The maximum atomic E-state index is 12.6. The van der Waals surface area contributed by atoms with Crippen LogP contribution in [0.2, 0.25) is 0 Å². The van der Waals surface area contributed by atoms with Crippen LogP contribution in [-0.2, 0) is 16.0 Å². The number of hydrogen-bond acceptors (Lipinski definition) is 6. The smallest absolute Gasteiger partial charge is 0.321 e. The van der Waals surface area contributed by atoms with Crippen LogP contribution in [0.5, 0.6) is 0 Å². The number of carboxylic acid groups (broad SMARTS) is 1. The van der Waals surface area contributed by atoms with Crippen LogP contribution in [0.25, 0.3) is 0 Å². The normalized spacial score (nSPS) is 18.0. The highest BCUT2D eigenvalue weighted by Crippen LogP contribution is 2.27. The van der Waals surface area contributed by atoms with Crippen LogP contribution in [0.15, 0.2) is 54.6 Å². The lowest BCUT2D eigenvalue weighted by Gasteiger charge is -2.20. The molecule has 1 saturated heterocycles. The maximum absolute atomic E-state index is 12.6. The average molecular weight is 398 g/mol. The minimum absolute atomic E-state index is 0.0851. The number of aliphatic carboxylic acids is 1. The van der Waals surface area contributed by atoms with Crippen LogP contribution in [0.4, 0.5) is 0 Å². The number of nitrogens with two attached hydrogens (primary N) is 1. The molecule has 0 saturated carbocycles. The topological polar surface area (TPSA) is 101 Å². The van der Waals surface area contributed by atoms with Gasteiger partial charge in [-0.1, -0.05) is 48.5 Å². The van der Waals surface area contributed by atoms with E-state index in [-0.39, 0.29) is 17.3 Å². The number of rotatable bonds is 7. The lowest BCUT2D eigenvalue weighted by atomic mass is 9.99. The molecule has 0 amide bonds. The molecule has 0 aliphatic carbocycles. The first kappa shape index (κ1) is 20.3. The summed E-state index contributed by atoms with van der Waals surface area (Å²) in [5.41, 5.74) is 7.99. The Labute approximate surface area is 167 Å². The number of ketones is 1. The van der Waals surface area contributed by atoms with Crippen molar-refractivity contribution in [2.45, 2.75) is 31.3 Å². The molecule has 0 unspecified atom stereocenters. The third kappa shape index (κ3) is 4.86. The van der Waals surface area contributed by atoms with Gasteiger partial charge in [0.25, 0.3) is 0 Å². The fourth-order valence-electron chi connectivity index (χ4n) is 3.21. The average Bonchev–Trinajstić information content (AvgIpc) is 3.16. The van der Waals surface area contributed by atoms with E-state index >= 15 is 0 Å². The monoisotopic (exact) mass is 398 g/mol. The van der Waals surface area contributed by atoms with Gasteiger partial charge in [-0.25, -0.2) is 4.31 Å². The number of carbonyl (C=O) groups excluding carboxylic acids is 2. The zero-order chi connectivity index (χ0) is 20.1. The minimum Gasteiger partial charge on any atom is -0.480 e. The quantitative estimate of drug-likeness (QED) is 0.546. The summed E-state index contributed by atoms with van der Waals surface area (Å²) >= 11 is 0.900. The molecule has 1 fully saturated rings. The van der Waals surface area contributed by atoms with Crippen molar-refractivity contribution >= 4 is 28.8 Å². The van der Waals surface area contributed by atoms with Gasteiger partial charge in [0.1, 0.15) is 6.04 Å². The molecule has 1 aliphatic rings. The standard InChI is InChI=1S/C21H22N2O4S/c22-17(21(27)28-23-11-5-10-18(23)20(25)26)13-14-6-4-9-16(12-14)19(24)15-7-2-1-3-8-15/h1-4,6-9,12,17-18H,5,10-11,13,22H2,(H,25,26)/t17-,18-/m0/s1. The molecule has 7 heteroatoms. The van der Waals surface area contributed by atoms with Crippen molar-refractivity contribution in [3.63, 3.8) is 0 Å². The van der Waals surface area contributed by atoms with Crippen molar-refractivity contribution < 1.29 is 19.5 Å². The maximum Gasteiger partial charge on any atom is 0.321 e. The number of carbonyl (C=O) groups is 3. The molecule has 0 radical (unpaired) electrons. The van der Waals surface area contributed by atoms with Crippen molar-refractivity contribution in [1.29, 1.82) is 0 Å². The van der Waals surface area contributed by atoms with E-state index in [0.29, 0.717) is 24.1 Å². The van der Waals surface area contributed by atoms with Crippen molar-refractivity contribution in [3.8, 4) is 0 Å². The molecule has 2 aromatic rings. The number of hydrogen-bond donors (Lipinski definition) is 2. The predicted molar refractivity (Wildman–Crippen MR) is 108 cm³/mol. The molecule has 1 heterocycles. The van der Waals surface area contributed by atoms with E-state index in [2.05, 4.69) is 0 Å². The van der Waals surface area contributed by atoms with E-state index in [1.807, 2.05) is 24.3 Å². The second kappa shape index (κ2) is 9.14. The van der Waals surface area contributed by atoms with Gasteiger partial charge in [0.05, 0.1) is 6.04 Å². The molecule has 6 nitrogen and oxygen atoms in total. The Morgan fingerprint density at radius 3 is 2.54 bits per heavy atom. The van der Waals surface area contributed by atoms with Gasteiger partial charge in [-0.3, -0.25) is 14.4 Å². The Balaban J connectivity index is 1.64. The molecule has 2 aromatic carbocycles. The third-order valence-corrected chi connectivity index (χ3v) is 5.83. The fraction of sp³-hybridized carbons (Fsp3) is 0.286. The van der Waals surface area contributed by atoms with Crippen LogP contribution < -0.4 is 5.73 Å². The summed E-state index contributed by atoms with van der Waals surface area (Å²) in [4.78, 5) is 36.3. The molecule has 1 aliphatic heterocycles. The summed E-state index contributed by atoms with van der Waals surface area (Å²) in [5.74, 6) is -1.00. The number of nitrogens with zero attached hydrogens (tertiary/aromatic N) is 1. The first-order valence-electron chi connectivity index (χ1n) is 9.11. The van der Waals surface area contributed by atoms with Gasteiger partial charge >= 0.3 is 5.97 Å². The van der Waals surface area contributed by atoms with Gasteiger partial charge < -0.3 is 10.8 Å². The van der Waals surface area contributed by atoms with Crippen LogP contribution in [0.3, 0.4) is 0 Å². The lowest BCUT2D eigenvalue weighted by Crippen LogP contribution is -2.37. The first-order chi connectivity index (χ1) is 13.5. The Bertz CT molecular complexity index is 872. The number of carboxylic acids is 1. The van der Waals surface area contributed by atoms with Gasteiger partial charge in [0.15, 0.2) is 5.78 Å². The third-order valence-electron chi connectivity index (χ3n) is 4.68. The van der Waals surface area contributed by atoms with Gasteiger partial charge in [0.2, 0.25) is 5.12 Å². The molecule has 0 spiro atoms. The highest BCUT2D eigenvalue weighted by molar-refractivity contribution is 8.11. The van der Waals surface area contributed by atoms with E-state index in [1.165, 1.54) is 0 Å². The van der Waals surface area contributed by atoms with E-state index < -0.39 is 18.1 Å². The SMILES string of the molecule is N[C@@H](Cc1cccc(C(=O)c2ccccc2)c1)C(=O)SN1CCC[C@H]1C(=O)O. The lowest BCUT2D eigenvalue weighted by molar-refractivity contribution is -0.140. The molecular formula is C21H22N2O4S. The largest absolute Gasteiger partial charge is 0.480 e. The highest BCUT2D eigenvalue weighted by Gasteiger charge is 2.33. The molecule has 28 heavy (non-hydrogen) atoms. The summed E-state index contributed by atoms with van der Waals surface area (Å²) in [6, 6.07) is 14.7. The van der Waals surface area contributed by atoms with E-state index in [9.17, 15) is 19.5 Å². The second-order valence-corrected chi connectivity index (χ2v) is 7.81.